The molecule has 0 aromatic heterocycles. The molecule has 3 heteroatoms. The Morgan fingerprint density at radius 1 is 1.27 bits per heavy atom. The van der Waals surface area contributed by atoms with Gasteiger partial charge >= 0.3 is 0 Å². The maximum absolute atomic E-state index is 12.5. The van der Waals surface area contributed by atoms with Crippen LogP contribution in [0.1, 0.15) is 56.1 Å². The van der Waals surface area contributed by atoms with Crippen LogP contribution in [-0.4, -0.2) is 17.7 Å². The SMILES string of the molecule is C=CC(=O)Cc1ccccc1C(C)C(=O)NC1CCCCC1. The van der Waals surface area contributed by atoms with Crippen molar-refractivity contribution in [2.24, 2.45) is 0 Å². The van der Waals surface area contributed by atoms with E-state index in [0.717, 1.165) is 24.0 Å². The van der Waals surface area contributed by atoms with Crippen LogP contribution in [-0.2, 0) is 16.0 Å². The molecular weight excluding hydrogens is 274 g/mol. The Balaban J connectivity index is 2.07. The Hall–Kier alpha value is -1.90. The van der Waals surface area contributed by atoms with Crippen LogP contribution < -0.4 is 5.32 Å². The van der Waals surface area contributed by atoms with E-state index in [4.69, 9.17) is 0 Å². The zero-order chi connectivity index (χ0) is 15.9. The Morgan fingerprint density at radius 3 is 2.64 bits per heavy atom. The molecule has 0 radical (unpaired) electrons. The fraction of sp³-hybridized carbons (Fsp3) is 0.474. The Labute approximate surface area is 132 Å². The molecule has 118 valence electrons. The van der Waals surface area contributed by atoms with Gasteiger partial charge < -0.3 is 5.32 Å². The normalized spacial score (nSPS) is 16.8. The summed E-state index contributed by atoms with van der Waals surface area (Å²) in [5.41, 5.74) is 1.85. The summed E-state index contributed by atoms with van der Waals surface area (Å²) in [6.07, 6.45) is 7.47. The number of ketones is 1. The maximum atomic E-state index is 12.5. The van der Waals surface area contributed by atoms with Crippen LogP contribution in [0.5, 0.6) is 0 Å². The summed E-state index contributed by atoms with van der Waals surface area (Å²) in [7, 11) is 0. The van der Waals surface area contributed by atoms with E-state index < -0.39 is 0 Å². The lowest BCUT2D eigenvalue weighted by atomic mass is 9.91. The largest absolute Gasteiger partial charge is 0.353 e. The number of carbonyl (C=O) groups is 2. The monoisotopic (exact) mass is 299 g/mol. The average molecular weight is 299 g/mol. The van der Waals surface area contributed by atoms with Gasteiger partial charge in [-0.1, -0.05) is 50.1 Å². The molecule has 1 aliphatic rings. The smallest absolute Gasteiger partial charge is 0.227 e. The van der Waals surface area contributed by atoms with Crippen molar-refractivity contribution in [1.29, 1.82) is 0 Å². The number of nitrogens with one attached hydrogen (secondary N) is 1. The van der Waals surface area contributed by atoms with Gasteiger partial charge in [-0.3, -0.25) is 9.59 Å². The second-order valence-electron chi connectivity index (χ2n) is 6.11. The molecule has 1 aliphatic carbocycles. The Bertz CT molecular complexity index is 544. The molecule has 1 saturated carbocycles. The van der Waals surface area contributed by atoms with E-state index in [1.54, 1.807) is 0 Å². The van der Waals surface area contributed by atoms with E-state index >= 15 is 0 Å². The van der Waals surface area contributed by atoms with Crippen LogP contribution in [0.2, 0.25) is 0 Å². The van der Waals surface area contributed by atoms with Gasteiger partial charge in [0.1, 0.15) is 0 Å². The van der Waals surface area contributed by atoms with Crippen molar-refractivity contribution in [2.45, 2.75) is 57.4 Å². The fourth-order valence-corrected chi connectivity index (χ4v) is 3.09. The molecule has 0 spiro atoms. The molecule has 1 aromatic rings. The zero-order valence-electron chi connectivity index (χ0n) is 13.3. The number of rotatable bonds is 6. The Kier molecular flexibility index (Phi) is 5.93. The van der Waals surface area contributed by atoms with Crippen molar-refractivity contribution in [3.05, 3.63) is 48.0 Å². The standard InChI is InChI=1S/C19H25NO2/c1-3-17(21)13-15-9-7-8-12-18(15)14(2)19(22)20-16-10-5-4-6-11-16/h3,7-9,12,14,16H,1,4-6,10-11,13H2,2H3,(H,20,22). The summed E-state index contributed by atoms with van der Waals surface area (Å²) in [6.45, 7) is 5.43. The van der Waals surface area contributed by atoms with Gasteiger partial charge in [-0.15, -0.1) is 0 Å². The molecule has 1 atom stereocenters. The molecule has 1 fully saturated rings. The van der Waals surface area contributed by atoms with Crippen LogP contribution in [0, 0.1) is 0 Å². The second kappa shape index (κ2) is 7.92. The summed E-state index contributed by atoms with van der Waals surface area (Å²) in [5.74, 6) is -0.200. The third kappa shape index (κ3) is 4.30. The van der Waals surface area contributed by atoms with Crippen molar-refractivity contribution in [2.75, 3.05) is 0 Å². The third-order valence-corrected chi connectivity index (χ3v) is 4.46. The fourth-order valence-electron chi connectivity index (χ4n) is 3.09. The highest BCUT2D eigenvalue weighted by Gasteiger charge is 2.22. The maximum Gasteiger partial charge on any atom is 0.227 e. The number of amides is 1. The molecule has 22 heavy (non-hydrogen) atoms. The first-order valence-electron chi connectivity index (χ1n) is 8.15. The van der Waals surface area contributed by atoms with E-state index in [0.29, 0.717) is 12.5 Å². The Morgan fingerprint density at radius 2 is 1.95 bits per heavy atom. The molecule has 3 nitrogen and oxygen atoms in total. The number of allylic oxidation sites excluding steroid dienone is 1. The van der Waals surface area contributed by atoms with Gasteiger partial charge in [0.2, 0.25) is 5.91 Å². The summed E-state index contributed by atoms with van der Waals surface area (Å²) in [6, 6.07) is 7.99. The van der Waals surface area contributed by atoms with Gasteiger partial charge in [0.25, 0.3) is 0 Å². The van der Waals surface area contributed by atoms with Crippen molar-refractivity contribution >= 4 is 11.7 Å². The highest BCUT2D eigenvalue weighted by molar-refractivity contribution is 5.91. The number of benzene rings is 1. The lowest BCUT2D eigenvalue weighted by molar-refractivity contribution is -0.123. The van der Waals surface area contributed by atoms with Crippen LogP contribution in [0.15, 0.2) is 36.9 Å². The quantitative estimate of drug-likeness (QED) is 0.817. The van der Waals surface area contributed by atoms with E-state index in [2.05, 4.69) is 11.9 Å². The van der Waals surface area contributed by atoms with E-state index in [1.807, 2.05) is 31.2 Å². The molecule has 0 heterocycles. The summed E-state index contributed by atoms with van der Waals surface area (Å²) < 4.78 is 0. The first-order valence-corrected chi connectivity index (χ1v) is 8.15. The van der Waals surface area contributed by atoms with Crippen molar-refractivity contribution in [3.8, 4) is 0 Å². The molecule has 1 unspecified atom stereocenters. The zero-order valence-corrected chi connectivity index (χ0v) is 13.3. The van der Waals surface area contributed by atoms with Gasteiger partial charge in [-0.25, -0.2) is 0 Å². The predicted molar refractivity (Wildman–Crippen MR) is 88.8 cm³/mol. The minimum Gasteiger partial charge on any atom is -0.353 e. The molecule has 1 aromatic carbocycles. The third-order valence-electron chi connectivity index (χ3n) is 4.46. The lowest BCUT2D eigenvalue weighted by Gasteiger charge is -2.25. The van der Waals surface area contributed by atoms with E-state index in [1.165, 1.54) is 25.3 Å². The van der Waals surface area contributed by atoms with Crippen molar-refractivity contribution in [3.63, 3.8) is 0 Å². The van der Waals surface area contributed by atoms with Gasteiger partial charge in [-0.05, 0) is 37.0 Å². The number of hydrogen-bond donors (Lipinski definition) is 1. The topological polar surface area (TPSA) is 46.2 Å². The van der Waals surface area contributed by atoms with Crippen molar-refractivity contribution in [1.82, 2.24) is 5.32 Å². The van der Waals surface area contributed by atoms with Crippen molar-refractivity contribution < 1.29 is 9.59 Å². The van der Waals surface area contributed by atoms with Crippen LogP contribution in [0.3, 0.4) is 0 Å². The molecule has 2 rings (SSSR count). The second-order valence-corrected chi connectivity index (χ2v) is 6.11. The first kappa shape index (κ1) is 16.5. The van der Waals surface area contributed by atoms with Gasteiger partial charge in [0, 0.05) is 12.5 Å². The molecule has 0 bridgehead atoms. The van der Waals surface area contributed by atoms with Gasteiger partial charge in [0.15, 0.2) is 5.78 Å². The molecule has 1 N–H and O–H groups in total. The molecule has 1 amide bonds. The molecule has 0 aliphatic heterocycles. The molecule has 0 saturated heterocycles. The van der Waals surface area contributed by atoms with Gasteiger partial charge in [0.05, 0.1) is 5.92 Å². The van der Waals surface area contributed by atoms with Crippen LogP contribution >= 0.6 is 0 Å². The van der Waals surface area contributed by atoms with Crippen LogP contribution in [0.25, 0.3) is 0 Å². The minimum absolute atomic E-state index is 0.0210. The summed E-state index contributed by atoms with van der Waals surface area (Å²) in [5, 5.41) is 3.17. The van der Waals surface area contributed by atoms with Crippen LogP contribution in [0.4, 0.5) is 0 Å². The predicted octanol–water partition coefficient (Wildman–Crippen LogP) is 3.54. The average Bonchev–Trinajstić information content (AvgIpc) is 2.55. The van der Waals surface area contributed by atoms with E-state index in [9.17, 15) is 9.59 Å². The highest BCUT2D eigenvalue weighted by Crippen LogP contribution is 2.23. The minimum atomic E-state index is -0.240. The van der Waals surface area contributed by atoms with Gasteiger partial charge in [-0.2, -0.15) is 0 Å². The first-order chi connectivity index (χ1) is 10.6. The summed E-state index contributed by atoms with van der Waals surface area (Å²) >= 11 is 0. The molecular formula is C19H25NO2. The lowest BCUT2D eigenvalue weighted by Crippen LogP contribution is -2.38. The number of hydrogen-bond acceptors (Lipinski definition) is 2. The van der Waals surface area contributed by atoms with E-state index in [-0.39, 0.29) is 17.6 Å². The summed E-state index contributed by atoms with van der Waals surface area (Å²) in [4.78, 5) is 24.1. The highest BCUT2D eigenvalue weighted by atomic mass is 16.2. The number of carbonyl (C=O) groups excluding carboxylic acids is 2.